The van der Waals surface area contributed by atoms with Crippen LogP contribution in [0.25, 0.3) is 0 Å². The summed E-state index contributed by atoms with van der Waals surface area (Å²) in [6.07, 6.45) is 0.913. The molecule has 1 heterocycles. The minimum Gasteiger partial charge on any atom is -0.348 e. The zero-order valence-corrected chi connectivity index (χ0v) is 10.9. The molecule has 1 amide bonds. The van der Waals surface area contributed by atoms with E-state index >= 15 is 0 Å². The molecular weight excluding hydrogens is 286 g/mol. The Balaban J connectivity index is 2.58. The van der Waals surface area contributed by atoms with E-state index in [1.165, 1.54) is 11.3 Å². The fourth-order valence-electron chi connectivity index (χ4n) is 0.943. The molecule has 0 aliphatic rings. The van der Waals surface area contributed by atoms with Crippen LogP contribution >= 0.6 is 38.9 Å². The Bertz CT molecular complexity index is 312. The Labute approximate surface area is 101 Å². The maximum atomic E-state index is 11.6. The highest BCUT2D eigenvalue weighted by atomic mass is 79.9. The highest BCUT2D eigenvalue weighted by Crippen LogP contribution is 2.21. The first-order chi connectivity index (χ1) is 6.67. The molecule has 0 saturated carbocycles. The van der Waals surface area contributed by atoms with Crippen LogP contribution in [0.1, 0.15) is 23.0 Å². The molecule has 0 fully saturated rings. The minimum absolute atomic E-state index is 0.0480. The standard InChI is InChI=1S/C9H11BrClNOS/c1-2-6(5-10)12-9(13)7-3-4-8(11)14-7/h3-4,6H,2,5H2,1H3,(H,12,13). The molecule has 0 aromatic carbocycles. The van der Waals surface area contributed by atoms with Crippen molar-refractivity contribution in [2.24, 2.45) is 0 Å². The highest BCUT2D eigenvalue weighted by molar-refractivity contribution is 9.09. The van der Waals surface area contributed by atoms with Crippen molar-refractivity contribution >= 4 is 44.8 Å². The maximum absolute atomic E-state index is 11.6. The van der Waals surface area contributed by atoms with Gasteiger partial charge in [-0.05, 0) is 18.6 Å². The molecule has 78 valence electrons. The predicted octanol–water partition coefficient (Wildman–Crippen LogP) is 3.30. The van der Waals surface area contributed by atoms with Gasteiger partial charge in [-0.1, -0.05) is 34.5 Å². The monoisotopic (exact) mass is 295 g/mol. The van der Waals surface area contributed by atoms with Gasteiger partial charge >= 0.3 is 0 Å². The summed E-state index contributed by atoms with van der Waals surface area (Å²) >= 11 is 10.4. The number of carbonyl (C=O) groups excluding carboxylic acids is 1. The molecule has 1 N–H and O–H groups in total. The Morgan fingerprint density at radius 1 is 1.71 bits per heavy atom. The first-order valence-electron chi connectivity index (χ1n) is 4.29. The first kappa shape index (κ1) is 12.0. The van der Waals surface area contributed by atoms with Crippen LogP contribution in [0.5, 0.6) is 0 Å². The van der Waals surface area contributed by atoms with Gasteiger partial charge in [0.1, 0.15) is 0 Å². The Hall–Kier alpha value is -0.0600. The second kappa shape index (κ2) is 5.73. The molecule has 1 aromatic rings. The minimum atomic E-state index is -0.0480. The van der Waals surface area contributed by atoms with Gasteiger partial charge in [0, 0.05) is 11.4 Å². The van der Waals surface area contributed by atoms with Crippen LogP contribution in [0, 0.1) is 0 Å². The van der Waals surface area contributed by atoms with Crippen molar-refractivity contribution in [3.05, 3.63) is 21.3 Å². The molecule has 1 rings (SSSR count). The van der Waals surface area contributed by atoms with E-state index in [0.717, 1.165) is 11.8 Å². The van der Waals surface area contributed by atoms with Gasteiger partial charge in [0.25, 0.3) is 5.91 Å². The van der Waals surface area contributed by atoms with Gasteiger partial charge in [-0.25, -0.2) is 0 Å². The number of carbonyl (C=O) groups is 1. The molecule has 5 heteroatoms. The molecule has 1 aromatic heterocycles. The van der Waals surface area contributed by atoms with Gasteiger partial charge in [-0.3, -0.25) is 4.79 Å². The smallest absolute Gasteiger partial charge is 0.261 e. The van der Waals surface area contributed by atoms with Crippen molar-refractivity contribution in [2.45, 2.75) is 19.4 Å². The fourth-order valence-corrected chi connectivity index (χ4v) is 2.51. The van der Waals surface area contributed by atoms with E-state index in [4.69, 9.17) is 11.6 Å². The summed E-state index contributed by atoms with van der Waals surface area (Å²) in [6, 6.07) is 3.66. The van der Waals surface area contributed by atoms with E-state index < -0.39 is 0 Å². The second-order valence-corrected chi connectivity index (χ2v) is 5.20. The quantitative estimate of drug-likeness (QED) is 0.849. The van der Waals surface area contributed by atoms with E-state index in [-0.39, 0.29) is 11.9 Å². The molecule has 2 nitrogen and oxygen atoms in total. The van der Waals surface area contributed by atoms with Crippen molar-refractivity contribution < 1.29 is 4.79 Å². The lowest BCUT2D eigenvalue weighted by atomic mass is 10.2. The number of alkyl halides is 1. The first-order valence-corrected chi connectivity index (χ1v) is 6.61. The fraction of sp³-hybridized carbons (Fsp3) is 0.444. The molecule has 0 saturated heterocycles. The average molecular weight is 297 g/mol. The lowest BCUT2D eigenvalue weighted by Crippen LogP contribution is -2.34. The van der Waals surface area contributed by atoms with Crippen molar-refractivity contribution in [3.8, 4) is 0 Å². The van der Waals surface area contributed by atoms with Crippen LogP contribution in [0.3, 0.4) is 0 Å². The lowest BCUT2D eigenvalue weighted by Gasteiger charge is -2.12. The molecular formula is C9H11BrClNOS. The third-order valence-corrected chi connectivity index (χ3v) is 3.82. The number of rotatable bonds is 4. The molecule has 0 radical (unpaired) electrons. The largest absolute Gasteiger partial charge is 0.348 e. The van der Waals surface area contributed by atoms with Crippen molar-refractivity contribution in [3.63, 3.8) is 0 Å². The van der Waals surface area contributed by atoms with Gasteiger partial charge in [0.05, 0.1) is 9.21 Å². The number of thiophene rings is 1. The highest BCUT2D eigenvalue weighted by Gasteiger charge is 2.12. The Morgan fingerprint density at radius 3 is 2.86 bits per heavy atom. The molecule has 0 spiro atoms. The van der Waals surface area contributed by atoms with Gasteiger partial charge in [0.15, 0.2) is 0 Å². The van der Waals surface area contributed by atoms with E-state index in [1.807, 2.05) is 6.92 Å². The van der Waals surface area contributed by atoms with Crippen molar-refractivity contribution in [1.82, 2.24) is 5.32 Å². The van der Waals surface area contributed by atoms with Crippen LogP contribution in [0.4, 0.5) is 0 Å². The Morgan fingerprint density at radius 2 is 2.43 bits per heavy atom. The van der Waals surface area contributed by atoms with Crippen molar-refractivity contribution in [1.29, 1.82) is 0 Å². The van der Waals surface area contributed by atoms with E-state index in [1.54, 1.807) is 12.1 Å². The predicted molar refractivity (Wildman–Crippen MR) is 64.7 cm³/mol. The maximum Gasteiger partial charge on any atom is 0.261 e. The summed E-state index contributed by atoms with van der Waals surface area (Å²) in [7, 11) is 0. The van der Waals surface area contributed by atoms with Crippen LogP contribution in [-0.4, -0.2) is 17.3 Å². The summed E-state index contributed by atoms with van der Waals surface area (Å²) in [4.78, 5) is 12.3. The number of hydrogen-bond acceptors (Lipinski definition) is 2. The SMILES string of the molecule is CCC(CBr)NC(=O)c1ccc(Cl)s1. The van der Waals surface area contributed by atoms with Gasteiger partial charge in [0.2, 0.25) is 0 Å². The molecule has 0 bridgehead atoms. The van der Waals surface area contributed by atoms with Crippen LogP contribution in [-0.2, 0) is 0 Å². The summed E-state index contributed by atoms with van der Waals surface area (Å²) < 4.78 is 0.641. The zero-order valence-electron chi connectivity index (χ0n) is 7.72. The van der Waals surface area contributed by atoms with Crippen LogP contribution in [0.15, 0.2) is 12.1 Å². The second-order valence-electron chi connectivity index (χ2n) is 2.84. The molecule has 1 atom stereocenters. The normalized spacial score (nSPS) is 12.5. The van der Waals surface area contributed by atoms with Crippen LogP contribution < -0.4 is 5.32 Å². The average Bonchev–Trinajstić information content (AvgIpc) is 2.61. The third kappa shape index (κ3) is 3.26. The van der Waals surface area contributed by atoms with E-state index in [0.29, 0.717) is 9.21 Å². The zero-order chi connectivity index (χ0) is 10.6. The molecule has 14 heavy (non-hydrogen) atoms. The van der Waals surface area contributed by atoms with E-state index in [9.17, 15) is 4.79 Å². The van der Waals surface area contributed by atoms with Gasteiger partial charge in [-0.2, -0.15) is 0 Å². The summed E-state index contributed by atoms with van der Waals surface area (Å²) in [5, 5.41) is 3.68. The lowest BCUT2D eigenvalue weighted by molar-refractivity contribution is 0.0944. The molecule has 0 aliphatic carbocycles. The molecule has 0 aliphatic heterocycles. The topological polar surface area (TPSA) is 29.1 Å². The molecule has 1 unspecified atom stereocenters. The van der Waals surface area contributed by atoms with Gasteiger partial charge < -0.3 is 5.32 Å². The Kier molecular flexibility index (Phi) is 4.92. The van der Waals surface area contributed by atoms with Crippen molar-refractivity contribution in [2.75, 3.05) is 5.33 Å². The summed E-state index contributed by atoms with van der Waals surface area (Å²) in [5.41, 5.74) is 0. The summed E-state index contributed by atoms with van der Waals surface area (Å²) in [5.74, 6) is -0.0480. The number of amides is 1. The van der Waals surface area contributed by atoms with Crippen LogP contribution in [0.2, 0.25) is 4.34 Å². The van der Waals surface area contributed by atoms with E-state index in [2.05, 4.69) is 21.2 Å². The summed E-state index contributed by atoms with van der Waals surface area (Å²) in [6.45, 7) is 2.04. The number of halogens is 2. The number of hydrogen-bond donors (Lipinski definition) is 1. The third-order valence-electron chi connectivity index (χ3n) is 1.81. The number of nitrogens with one attached hydrogen (secondary N) is 1. The van der Waals surface area contributed by atoms with Gasteiger partial charge in [-0.15, -0.1) is 11.3 Å².